The van der Waals surface area contributed by atoms with Crippen LogP contribution in [-0.4, -0.2) is 17.7 Å². The molecule has 1 aromatic rings. The number of hydrogen-bond acceptors (Lipinski definition) is 3. The molecule has 0 radical (unpaired) electrons. The van der Waals surface area contributed by atoms with Gasteiger partial charge in [-0.3, -0.25) is 14.6 Å². The smallest absolute Gasteiger partial charge is 0.211 e. The molecule has 0 fully saturated rings. The quantitative estimate of drug-likeness (QED) is 0.637. The van der Waals surface area contributed by atoms with E-state index in [1.807, 2.05) is 0 Å². The maximum Gasteiger partial charge on any atom is 0.211 e. The van der Waals surface area contributed by atoms with Crippen molar-refractivity contribution >= 4 is 18.4 Å². The zero-order valence-electron chi connectivity index (χ0n) is 5.65. The fourth-order valence-corrected chi connectivity index (χ4v) is 0.696. The summed E-state index contributed by atoms with van der Waals surface area (Å²) in [6, 6.07) is 1.55. The van der Waals surface area contributed by atoms with Crippen LogP contribution in [-0.2, 0) is 4.79 Å². The number of nitrogens with zero attached hydrogens (tertiary/aromatic N) is 1. The van der Waals surface area contributed by atoms with Gasteiger partial charge < -0.3 is 5.32 Å². The number of hydrogen-bond donors (Lipinski definition) is 1. The normalized spacial score (nSPS) is 8.73. The van der Waals surface area contributed by atoms with Crippen molar-refractivity contribution in [3.63, 3.8) is 0 Å². The first-order valence-electron chi connectivity index (χ1n) is 2.98. The van der Waals surface area contributed by atoms with Gasteiger partial charge in [0.1, 0.15) is 0 Å². The van der Waals surface area contributed by atoms with E-state index in [2.05, 4.69) is 10.3 Å². The summed E-state index contributed by atoms with van der Waals surface area (Å²) in [4.78, 5) is 24.0. The van der Waals surface area contributed by atoms with Gasteiger partial charge >= 0.3 is 0 Å². The highest BCUT2D eigenvalue weighted by Crippen LogP contribution is 2.08. The molecule has 11 heavy (non-hydrogen) atoms. The summed E-state index contributed by atoms with van der Waals surface area (Å²) in [6.45, 7) is 0. The van der Waals surface area contributed by atoms with Crippen LogP contribution in [0.15, 0.2) is 18.5 Å². The van der Waals surface area contributed by atoms with Crippen LogP contribution < -0.4 is 5.32 Å². The average Bonchev–Trinajstić information content (AvgIpc) is 2.06. The minimum Gasteiger partial charge on any atom is -0.328 e. The predicted molar refractivity (Wildman–Crippen MR) is 39.3 cm³/mol. The highest BCUT2D eigenvalue weighted by Gasteiger charge is 1.97. The zero-order chi connectivity index (χ0) is 8.10. The van der Waals surface area contributed by atoms with Gasteiger partial charge in [0, 0.05) is 12.4 Å². The number of carbonyl (C=O) groups is 2. The van der Waals surface area contributed by atoms with Crippen molar-refractivity contribution in [3.8, 4) is 0 Å². The number of anilines is 1. The van der Waals surface area contributed by atoms with E-state index >= 15 is 0 Å². The van der Waals surface area contributed by atoms with E-state index in [0.29, 0.717) is 23.9 Å². The molecule has 0 aliphatic heterocycles. The lowest BCUT2D eigenvalue weighted by atomic mass is 10.2. The topological polar surface area (TPSA) is 59.1 Å². The van der Waals surface area contributed by atoms with Crippen LogP contribution in [0.4, 0.5) is 5.69 Å². The van der Waals surface area contributed by atoms with Gasteiger partial charge in [0.2, 0.25) is 6.41 Å². The predicted octanol–water partition coefficient (Wildman–Crippen LogP) is 0.462. The van der Waals surface area contributed by atoms with Gasteiger partial charge in [-0.15, -0.1) is 0 Å². The molecule has 0 aliphatic carbocycles. The van der Waals surface area contributed by atoms with Gasteiger partial charge in [0.05, 0.1) is 11.3 Å². The molecular weight excluding hydrogens is 144 g/mol. The maximum atomic E-state index is 10.3. The summed E-state index contributed by atoms with van der Waals surface area (Å²) in [5, 5.41) is 2.38. The Balaban J connectivity index is 3.01. The van der Waals surface area contributed by atoms with Crippen molar-refractivity contribution in [2.75, 3.05) is 5.32 Å². The van der Waals surface area contributed by atoms with Gasteiger partial charge in [0.25, 0.3) is 0 Å². The third kappa shape index (κ3) is 1.61. The van der Waals surface area contributed by atoms with E-state index in [1.165, 1.54) is 12.4 Å². The standard InChI is InChI=1S/C7H6N2O2/c10-4-6-3-8-2-1-7(6)9-5-11/h1-5H,(H,8,9,11). The van der Waals surface area contributed by atoms with E-state index in [-0.39, 0.29) is 0 Å². The number of amides is 1. The molecular formula is C7H6N2O2. The van der Waals surface area contributed by atoms with E-state index < -0.39 is 0 Å². The summed E-state index contributed by atoms with van der Waals surface area (Å²) in [5.41, 5.74) is 0.851. The molecule has 1 amide bonds. The average molecular weight is 150 g/mol. The Labute approximate surface area is 63.3 Å². The summed E-state index contributed by atoms with van der Waals surface area (Å²) in [7, 11) is 0. The third-order valence-corrected chi connectivity index (χ3v) is 1.19. The monoisotopic (exact) mass is 150 g/mol. The van der Waals surface area contributed by atoms with Crippen molar-refractivity contribution in [1.82, 2.24) is 4.98 Å². The molecule has 0 aromatic carbocycles. The molecule has 0 atom stereocenters. The van der Waals surface area contributed by atoms with Crippen molar-refractivity contribution in [1.29, 1.82) is 0 Å². The van der Waals surface area contributed by atoms with Crippen molar-refractivity contribution in [3.05, 3.63) is 24.0 Å². The molecule has 4 nitrogen and oxygen atoms in total. The Morgan fingerprint density at radius 1 is 1.45 bits per heavy atom. The molecule has 0 saturated carbocycles. The first-order chi connectivity index (χ1) is 5.38. The Bertz CT molecular complexity index is 273. The number of rotatable bonds is 3. The molecule has 0 spiro atoms. The fourth-order valence-electron chi connectivity index (χ4n) is 0.696. The summed E-state index contributed by atoms with van der Waals surface area (Å²) >= 11 is 0. The first-order valence-corrected chi connectivity index (χ1v) is 2.98. The number of aromatic nitrogens is 1. The van der Waals surface area contributed by atoms with Crippen LogP contribution in [0.25, 0.3) is 0 Å². The highest BCUT2D eigenvalue weighted by atomic mass is 16.1. The second-order valence-electron chi connectivity index (χ2n) is 1.84. The maximum absolute atomic E-state index is 10.3. The van der Waals surface area contributed by atoms with Crippen LogP contribution >= 0.6 is 0 Å². The molecule has 0 aliphatic rings. The minimum absolute atomic E-state index is 0.375. The second kappa shape index (κ2) is 3.46. The zero-order valence-corrected chi connectivity index (χ0v) is 5.65. The van der Waals surface area contributed by atoms with Crippen LogP contribution in [0, 0.1) is 0 Å². The number of nitrogens with one attached hydrogen (secondary N) is 1. The lowest BCUT2D eigenvalue weighted by Gasteiger charge is -1.98. The highest BCUT2D eigenvalue weighted by molar-refractivity contribution is 5.87. The SMILES string of the molecule is O=CNc1ccncc1C=O. The van der Waals surface area contributed by atoms with Gasteiger partial charge in [-0.25, -0.2) is 0 Å². The lowest BCUT2D eigenvalue weighted by molar-refractivity contribution is -0.105. The molecule has 4 heteroatoms. The fraction of sp³-hybridized carbons (Fsp3) is 0. The number of carbonyl (C=O) groups excluding carboxylic acids is 2. The molecule has 1 rings (SSSR count). The van der Waals surface area contributed by atoms with E-state index in [9.17, 15) is 9.59 Å². The Morgan fingerprint density at radius 2 is 2.27 bits per heavy atom. The molecule has 56 valence electrons. The molecule has 0 saturated heterocycles. The lowest BCUT2D eigenvalue weighted by Crippen LogP contribution is -1.98. The van der Waals surface area contributed by atoms with Crippen molar-refractivity contribution in [2.24, 2.45) is 0 Å². The molecule has 1 aromatic heterocycles. The largest absolute Gasteiger partial charge is 0.328 e. The third-order valence-electron chi connectivity index (χ3n) is 1.19. The molecule has 1 heterocycles. The summed E-state index contributed by atoms with van der Waals surface area (Å²) < 4.78 is 0. The summed E-state index contributed by atoms with van der Waals surface area (Å²) in [6.07, 6.45) is 4.04. The second-order valence-corrected chi connectivity index (χ2v) is 1.84. The number of pyridine rings is 1. The Hall–Kier alpha value is -1.71. The summed E-state index contributed by atoms with van der Waals surface area (Å²) in [5.74, 6) is 0. The van der Waals surface area contributed by atoms with Crippen LogP contribution in [0.1, 0.15) is 10.4 Å². The van der Waals surface area contributed by atoms with Gasteiger partial charge in [-0.1, -0.05) is 0 Å². The van der Waals surface area contributed by atoms with E-state index in [0.717, 1.165) is 0 Å². The van der Waals surface area contributed by atoms with Gasteiger partial charge in [-0.2, -0.15) is 0 Å². The van der Waals surface area contributed by atoms with Crippen LogP contribution in [0.5, 0.6) is 0 Å². The van der Waals surface area contributed by atoms with Gasteiger partial charge in [0.15, 0.2) is 6.29 Å². The Morgan fingerprint density at radius 3 is 2.91 bits per heavy atom. The minimum atomic E-state index is 0.375. The first kappa shape index (κ1) is 7.40. The molecule has 1 N–H and O–H groups in total. The van der Waals surface area contributed by atoms with Crippen LogP contribution in [0.2, 0.25) is 0 Å². The van der Waals surface area contributed by atoms with Gasteiger partial charge in [-0.05, 0) is 6.07 Å². The van der Waals surface area contributed by atoms with E-state index in [4.69, 9.17) is 0 Å². The van der Waals surface area contributed by atoms with E-state index in [1.54, 1.807) is 6.07 Å². The van der Waals surface area contributed by atoms with Crippen molar-refractivity contribution < 1.29 is 9.59 Å². The molecule has 0 unspecified atom stereocenters. The Kier molecular flexibility index (Phi) is 2.32. The number of aldehydes is 1. The van der Waals surface area contributed by atoms with Crippen molar-refractivity contribution in [2.45, 2.75) is 0 Å². The molecule has 0 bridgehead atoms. The van der Waals surface area contributed by atoms with Crippen LogP contribution in [0.3, 0.4) is 0 Å².